The summed E-state index contributed by atoms with van der Waals surface area (Å²) in [5.74, 6) is 0.207. The molecule has 270 valence electrons. The Hall–Kier alpha value is -4.48. The molecule has 51 heavy (non-hydrogen) atoms. The number of carbonyl (C=O) groups is 1. The van der Waals surface area contributed by atoms with Crippen molar-refractivity contribution in [2.45, 2.75) is 106 Å². The first-order chi connectivity index (χ1) is 24.2. The molecular formula is C40H51N7O4. The first-order valence-electron chi connectivity index (χ1n) is 18.0. The molecule has 5 heterocycles. The fourth-order valence-corrected chi connectivity index (χ4v) is 6.98. The Morgan fingerprint density at radius 3 is 2.39 bits per heavy atom. The van der Waals surface area contributed by atoms with Crippen molar-refractivity contribution in [3.8, 4) is 22.5 Å². The van der Waals surface area contributed by atoms with Crippen molar-refractivity contribution in [1.82, 2.24) is 24.9 Å². The lowest BCUT2D eigenvalue weighted by Gasteiger charge is -2.41. The van der Waals surface area contributed by atoms with Crippen molar-refractivity contribution in [3.63, 3.8) is 0 Å². The van der Waals surface area contributed by atoms with Crippen molar-refractivity contribution in [2.75, 3.05) is 29.4 Å². The maximum Gasteiger partial charge on any atom is 0.340 e. The summed E-state index contributed by atoms with van der Waals surface area (Å²) >= 11 is 0. The third-order valence-electron chi connectivity index (χ3n) is 9.61. The molecule has 11 nitrogen and oxygen atoms in total. The van der Waals surface area contributed by atoms with Crippen LogP contribution in [0, 0.1) is 12.3 Å². The fourth-order valence-electron chi connectivity index (χ4n) is 6.98. The zero-order valence-electron chi connectivity index (χ0n) is 31.2. The number of aromatic nitrogens is 5. The Morgan fingerprint density at radius 2 is 1.73 bits per heavy atom. The number of esters is 1. The number of pyridine rings is 1. The van der Waals surface area contributed by atoms with E-state index in [2.05, 4.69) is 56.8 Å². The van der Waals surface area contributed by atoms with E-state index in [0.717, 1.165) is 61.4 Å². The van der Waals surface area contributed by atoms with Crippen molar-refractivity contribution < 1.29 is 19.4 Å². The highest BCUT2D eigenvalue weighted by atomic mass is 16.6. The van der Waals surface area contributed by atoms with Crippen LogP contribution in [-0.4, -0.2) is 67.3 Å². The second kappa shape index (κ2) is 14.6. The summed E-state index contributed by atoms with van der Waals surface area (Å²) in [5, 5.41) is 10.8. The van der Waals surface area contributed by atoms with Gasteiger partial charge in [0.2, 0.25) is 5.95 Å². The minimum atomic E-state index is -1.000. The first-order valence-corrected chi connectivity index (χ1v) is 18.0. The molecule has 1 fully saturated rings. The number of anilines is 2. The van der Waals surface area contributed by atoms with Gasteiger partial charge in [0.1, 0.15) is 5.69 Å². The van der Waals surface area contributed by atoms with E-state index >= 15 is 0 Å². The van der Waals surface area contributed by atoms with E-state index in [1.165, 1.54) is 11.1 Å². The Kier molecular flexibility index (Phi) is 10.4. The zero-order valence-corrected chi connectivity index (χ0v) is 31.2. The highest BCUT2D eigenvalue weighted by molar-refractivity contribution is 5.89. The Morgan fingerprint density at radius 1 is 0.961 bits per heavy atom. The number of hydrogen-bond acceptors (Lipinski definition) is 11. The molecule has 0 radical (unpaired) electrons. The third-order valence-corrected chi connectivity index (χ3v) is 9.61. The van der Waals surface area contributed by atoms with Gasteiger partial charge in [-0.05, 0) is 89.0 Å². The normalized spacial score (nSPS) is 16.6. The molecule has 0 spiro atoms. The van der Waals surface area contributed by atoms with E-state index in [0.29, 0.717) is 35.1 Å². The van der Waals surface area contributed by atoms with Gasteiger partial charge >= 0.3 is 5.97 Å². The van der Waals surface area contributed by atoms with E-state index in [4.69, 9.17) is 19.4 Å². The van der Waals surface area contributed by atoms with Crippen molar-refractivity contribution >= 4 is 17.6 Å². The van der Waals surface area contributed by atoms with Gasteiger partial charge in [-0.15, -0.1) is 0 Å². The molecule has 6 rings (SSSR count). The molecule has 1 saturated heterocycles. The van der Waals surface area contributed by atoms with Crippen LogP contribution in [0.4, 0.5) is 11.6 Å². The fraction of sp³-hybridized carbons (Fsp3) is 0.500. The summed E-state index contributed by atoms with van der Waals surface area (Å²) in [6.07, 6.45) is 8.22. The summed E-state index contributed by atoms with van der Waals surface area (Å²) in [6.45, 7) is 18.8. The van der Waals surface area contributed by atoms with Gasteiger partial charge in [-0.1, -0.05) is 32.0 Å². The molecule has 0 amide bonds. The molecular weight excluding hydrogens is 642 g/mol. The summed E-state index contributed by atoms with van der Waals surface area (Å²) in [7, 11) is 0. The standard InChI is InChI=1S/C40H51N7O4/c1-25(2)50-37(49)36(51-39(4,5)6)33-26(3)44-32(24-48)34(35(33)46-19-13-40(7,8)14-20-46)28-9-10-29-23-47(18-12-27(29)21-28)38-43-15-11-30(45-38)31-22-41-16-17-42-31/h9-11,15-17,21-22,25,36,48H,12-14,18-20,23-24H2,1-8H3/t36-/m0/s1. The molecule has 3 aromatic heterocycles. The maximum absolute atomic E-state index is 13.9. The number of hydrogen-bond donors (Lipinski definition) is 1. The molecule has 0 saturated carbocycles. The lowest BCUT2D eigenvalue weighted by molar-refractivity contribution is -0.171. The van der Waals surface area contributed by atoms with E-state index in [-0.39, 0.29) is 18.1 Å². The lowest BCUT2D eigenvalue weighted by atomic mass is 9.81. The minimum absolute atomic E-state index is 0.200. The van der Waals surface area contributed by atoms with Crippen LogP contribution >= 0.6 is 0 Å². The Bertz CT molecular complexity index is 1860. The van der Waals surface area contributed by atoms with Gasteiger partial charge in [0, 0.05) is 61.6 Å². The summed E-state index contributed by atoms with van der Waals surface area (Å²) in [6, 6.07) is 8.34. The molecule has 2 aliphatic rings. The Balaban J connectivity index is 1.44. The molecule has 1 atom stereocenters. The number of aryl methyl sites for hydroxylation is 1. The molecule has 11 heteroatoms. The van der Waals surface area contributed by atoms with Crippen LogP contribution in [0.1, 0.15) is 95.5 Å². The summed E-state index contributed by atoms with van der Waals surface area (Å²) in [4.78, 5) is 41.4. The number of aliphatic hydroxyl groups excluding tert-OH is 1. The topological polar surface area (TPSA) is 127 Å². The Labute approximate surface area is 301 Å². The van der Waals surface area contributed by atoms with E-state index < -0.39 is 17.7 Å². The molecule has 4 aromatic rings. The second-order valence-corrected chi connectivity index (χ2v) is 15.7. The summed E-state index contributed by atoms with van der Waals surface area (Å²) < 4.78 is 12.4. The van der Waals surface area contributed by atoms with E-state index in [9.17, 15) is 9.90 Å². The predicted molar refractivity (Wildman–Crippen MR) is 198 cm³/mol. The number of benzene rings is 1. The number of carbonyl (C=O) groups excluding carboxylic acids is 1. The smallest absolute Gasteiger partial charge is 0.340 e. The van der Waals surface area contributed by atoms with Crippen LogP contribution in [0.3, 0.4) is 0 Å². The minimum Gasteiger partial charge on any atom is -0.461 e. The first kappa shape index (κ1) is 36.3. The van der Waals surface area contributed by atoms with Crippen LogP contribution in [0.15, 0.2) is 49.1 Å². The van der Waals surface area contributed by atoms with Crippen molar-refractivity contribution in [1.29, 1.82) is 0 Å². The van der Waals surface area contributed by atoms with Crippen LogP contribution < -0.4 is 9.80 Å². The van der Waals surface area contributed by atoms with Gasteiger partial charge in [0.05, 0.1) is 41.6 Å². The maximum atomic E-state index is 13.9. The summed E-state index contributed by atoms with van der Waals surface area (Å²) in [5.41, 5.74) is 8.00. The number of ether oxygens (including phenoxy) is 2. The highest BCUT2D eigenvalue weighted by Gasteiger charge is 2.38. The van der Waals surface area contributed by atoms with Gasteiger partial charge in [-0.3, -0.25) is 15.0 Å². The highest BCUT2D eigenvalue weighted by Crippen LogP contribution is 2.46. The van der Waals surface area contributed by atoms with Gasteiger partial charge in [-0.25, -0.2) is 14.8 Å². The molecule has 0 aliphatic carbocycles. The zero-order chi connectivity index (χ0) is 36.5. The van der Waals surface area contributed by atoms with Crippen molar-refractivity contribution in [2.24, 2.45) is 5.41 Å². The second-order valence-electron chi connectivity index (χ2n) is 15.7. The van der Waals surface area contributed by atoms with Crippen LogP contribution in [0.5, 0.6) is 0 Å². The van der Waals surface area contributed by atoms with E-state index in [1.54, 1.807) is 24.8 Å². The average molecular weight is 694 g/mol. The van der Waals surface area contributed by atoms with Crippen molar-refractivity contribution in [3.05, 3.63) is 77.1 Å². The molecule has 2 aliphatic heterocycles. The van der Waals surface area contributed by atoms with Gasteiger partial charge in [-0.2, -0.15) is 0 Å². The number of nitrogens with zero attached hydrogens (tertiary/aromatic N) is 7. The predicted octanol–water partition coefficient (Wildman–Crippen LogP) is 6.79. The number of aliphatic hydroxyl groups is 1. The van der Waals surface area contributed by atoms with Crippen LogP contribution in [0.25, 0.3) is 22.5 Å². The largest absolute Gasteiger partial charge is 0.461 e. The average Bonchev–Trinajstić information content (AvgIpc) is 3.09. The quantitative estimate of drug-likeness (QED) is 0.186. The third kappa shape index (κ3) is 8.20. The number of piperidine rings is 1. The molecule has 0 bridgehead atoms. The molecule has 1 N–H and O–H groups in total. The van der Waals surface area contributed by atoms with Gasteiger partial charge < -0.3 is 24.4 Å². The van der Waals surface area contributed by atoms with Crippen LogP contribution in [-0.2, 0) is 33.8 Å². The number of rotatable bonds is 9. The molecule has 1 aromatic carbocycles. The lowest BCUT2D eigenvalue weighted by Crippen LogP contribution is -2.39. The molecule has 0 unspecified atom stereocenters. The SMILES string of the molecule is Cc1nc(CO)c(-c2ccc3c(c2)CCN(c2nccc(-c4cnccn4)n2)C3)c(N2CCC(C)(C)CC2)c1[C@H](OC(C)(C)C)C(=O)OC(C)C. The van der Waals surface area contributed by atoms with E-state index in [1.807, 2.05) is 47.6 Å². The van der Waals surface area contributed by atoms with Gasteiger partial charge in [0.25, 0.3) is 0 Å². The monoisotopic (exact) mass is 693 g/mol. The van der Waals surface area contributed by atoms with Crippen LogP contribution in [0.2, 0.25) is 0 Å². The number of fused-ring (bicyclic) bond motifs is 1. The van der Waals surface area contributed by atoms with Gasteiger partial charge in [0.15, 0.2) is 6.10 Å².